The van der Waals surface area contributed by atoms with Crippen LogP contribution in [0.25, 0.3) is 55.0 Å². The molecule has 0 aliphatic carbocycles. The molecule has 0 aliphatic rings. The molecule has 51 heavy (non-hydrogen) atoms. The van der Waals surface area contributed by atoms with Crippen LogP contribution in [0.4, 0.5) is 0 Å². The lowest BCUT2D eigenvalue weighted by Gasteiger charge is -2.27. The maximum absolute atomic E-state index is 4.95. The maximum atomic E-state index is 4.95. The summed E-state index contributed by atoms with van der Waals surface area (Å²) in [5.41, 5.74) is 11.1. The highest BCUT2D eigenvalue weighted by Crippen LogP contribution is 2.38. The Bertz CT molecular complexity index is 2390. The topological polar surface area (TPSA) is 61.4 Å². The van der Waals surface area contributed by atoms with Crippen LogP contribution < -0.4 is 0 Å². The van der Waals surface area contributed by atoms with Crippen molar-refractivity contribution in [2.75, 3.05) is 0 Å². The van der Waals surface area contributed by atoms with Crippen LogP contribution in [0, 0.1) is 0 Å². The van der Waals surface area contributed by atoms with Crippen molar-refractivity contribution in [1.82, 2.24) is 29.1 Å². The van der Waals surface area contributed by atoms with Crippen molar-refractivity contribution >= 4 is 43.6 Å². The molecule has 2 aromatic carbocycles. The lowest BCUT2D eigenvalue weighted by molar-refractivity contribution is 0.491. The molecule has 256 valence electrons. The summed E-state index contributed by atoms with van der Waals surface area (Å²) in [7, 11) is 0. The normalized spacial score (nSPS) is 12.9. The van der Waals surface area contributed by atoms with Crippen molar-refractivity contribution in [3.05, 3.63) is 132 Å². The number of aromatic nitrogens is 6. The van der Waals surface area contributed by atoms with Crippen molar-refractivity contribution in [2.24, 2.45) is 0 Å². The summed E-state index contributed by atoms with van der Waals surface area (Å²) in [4.78, 5) is 18.9. The van der Waals surface area contributed by atoms with Gasteiger partial charge in [0.05, 0.1) is 46.9 Å². The summed E-state index contributed by atoms with van der Waals surface area (Å²) in [5, 5.41) is 4.81. The van der Waals surface area contributed by atoms with E-state index >= 15 is 0 Å². The van der Waals surface area contributed by atoms with Crippen LogP contribution in [0.1, 0.15) is 90.7 Å². The number of pyridine rings is 4. The smallest absolute Gasteiger partial charge is 0.0725 e. The number of nitrogens with zero attached hydrogens (tertiary/aromatic N) is 6. The zero-order valence-corrected chi connectivity index (χ0v) is 31.0. The third-order valence-electron chi connectivity index (χ3n) is 11.8. The SMILES string of the molecule is CCC(C)(C)c1cc2c3ccncc3n(-c3ccc(C(C)(C)c4ccc(-n5c6cnccc6c6cc(C(C)(C)CC)ncc65)cc4)cc3)c2cn1. The Morgan fingerprint density at radius 3 is 1.22 bits per heavy atom. The second-order valence-electron chi connectivity index (χ2n) is 15.8. The van der Waals surface area contributed by atoms with Crippen molar-refractivity contribution in [3.8, 4) is 11.4 Å². The molecular formula is C45H46N6. The Kier molecular flexibility index (Phi) is 7.64. The zero-order valence-electron chi connectivity index (χ0n) is 31.0. The van der Waals surface area contributed by atoms with Gasteiger partial charge in [0.2, 0.25) is 0 Å². The van der Waals surface area contributed by atoms with Gasteiger partial charge in [-0.2, -0.15) is 0 Å². The van der Waals surface area contributed by atoms with Gasteiger partial charge >= 0.3 is 0 Å². The van der Waals surface area contributed by atoms with Crippen molar-refractivity contribution in [2.45, 2.75) is 84.5 Å². The molecule has 6 nitrogen and oxygen atoms in total. The van der Waals surface area contributed by atoms with Gasteiger partial charge in [0.15, 0.2) is 0 Å². The number of rotatable bonds is 8. The minimum Gasteiger partial charge on any atom is -0.306 e. The molecule has 0 radical (unpaired) electrons. The minimum absolute atomic E-state index is 0.00864. The molecule has 0 fully saturated rings. The van der Waals surface area contributed by atoms with E-state index in [4.69, 9.17) is 9.97 Å². The van der Waals surface area contributed by atoms with Crippen LogP contribution in [0.2, 0.25) is 0 Å². The Hall–Kier alpha value is -5.36. The lowest BCUT2D eigenvalue weighted by atomic mass is 9.78. The molecule has 0 saturated carbocycles. The largest absolute Gasteiger partial charge is 0.306 e. The van der Waals surface area contributed by atoms with E-state index in [1.165, 1.54) is 32.7 Å². The van der Waals surface area contributed by atoms with Gasteiger partial charge < -0.3 is 9.13 Å². The average Bonchev–Trinajstić information content (AvgIpc) is 3.67. The van der Waals surface area contributed by atoms with E-state index < -0.39 is 0 Å². The third-order valence-corrected chi connectivity index (χ3v) is 11.8. The summed E-state index contributed by atoms with van der Waals surface area (Å²) in [6.07, 6.45) is 13.8. The minimum atomic E-state index is -0.216. The summed E-state index contributed by atoms with van der Waals surface area (Å²) in [5.74, 6) is 0. The molecule has 0 saturated heterocycles. The van der Waals surface area contributed by atoms with Crippen LogP contribution in [0.15, 0.2) is 110 Å². The van der Waals surface area contributed by atoms with E-state index in [1.807, 2.05) is 37.2 Å². The first-order chi connectivity index (χ1) is 24.4. The van der Waals surface area contributed by atoms with Gasteiger partial charge in [-0.15, -0.1) is 0 Å². The van der Waals surface area contributed by atoms with Crippen LogP contribution in [0.3, 0.4) is 0 Å². The van der Waals surface area contributed by atoms with Gasteiger partial charge in [-0.25, -0.2) is 0 Å². The molecule has 6 heterocycles. The first-order valence-electron chi connectivity index (χ1n) is 18.2. The summed E-state index contributed by atoms with van der Waals surface area (Å²) in [6.45, 7) is 18.1. The van der Waals surface area contributed by atoms with E-state index in [2.05, 4.69) is 147 Å². The molecule has 0 aliphatic heterocycles. The highest BCUT2D eigenvalue weighted by molar-refractivity contribution is 6.09. The Labute approximate surface area is 300 Å². The second kappa shape index (κ2) is 11.9. The third kappa shape index (κ3) is 5.22. The Morgan fingerprint density at radius 1 is 0.471 bits per heavy atom. The fourth-order valence-corrected chi connectivity index (χ4v) is 7.41. The number of fused-ring (bicyclic) bond motifs is 6. The second-order valence-corrected chi connectivity index (χ2v) is 15.8. The van der Waals surface area contributed by atoms with Gasteiger partial charge in [-0.3, -0.25) is 19.9 Å². The fraction of sp³-hybridized carbons (Fsp3) is 0.289. The van der Waals surface area contributed by atoms with Gasteiger partial charge in [-0.05, 0) is 72.5 Å². The Morgan fingerprint density at radius 2 is 0.843 bits per heavy atom. The Balaban J connectivity index is 1.15. The molecule has 0 bridgehead atoms. The molecule has 6 heteroatoms. The van der Waals surface area contributed by atoms with Crippen molar-refractivity contribution < 1.29 is 0 Å². The monoisotopic (exact) mass is 670 g/mol. The lowest BCUT2D eigenvalue weighted by Crippen LogP contribution is -2.19. The van der Waals surface area contributed by atoms with E-state index in [-0.39, 0.29) is 16.2 Å². The maximum Gasteiger partial charge on any atom is 0.0725 e. The molecule has 8 rings (SSSR count). The molecule has 6 aromatic heterocycles. The summed E-state index contributed by atoms with van der Waals surface area (Å²) in [6, 6.07) is 26.8. The molecule has 0 N–H and O–H groups in total. The molecule has 0 amide bonds. The number of hydrogen-bond acceptors (Lipinski definition) is 4. The van der Waals surface area contributed by atoms with Crippen LogP contribution in [0.5, 0.6) is 0 Å². The van der Waals surface area contributed by atoms with Gasteiger partial charge in [0.25, 0.3) is 0 Å². The highest BCUT2D eigenvalue weighted by Gasteiger charge is 2.26. The van der Waals surface area contributed by atoms with Crippen LogP contribution >= 0.6 is 0 Å². The number of benzene rings is 2. The van der Waals surface area contributed by atoms with E-state index in [1.54, 1.807) is 0 Å². The first kappa shape index (κ1) is 32.8. The summed E-state index contributed by atoms with van der Waals surface area (Å²) >= 11 is 0. The quantitative estimate of drug-likeness (QED) is 0.161. The zero-order chi connectivity index (χ0) is 35.7. The molecule has 0 unspecified atom stereocenters. The summed E-state index contributed by atoms with van der Waals surface area (Å²) < 4.78 is 4.58. The van der Waals surface area contributed by atoms with Crippen molar-refractivity contribution in [1.29, 1.82) is 0 Å². The van der Waals surface area contributed by atoms with E-state index in [0.717, 1.165) is 57.7 Å². The van der Waals surface area contributed by atoms with Gasteiger partial charge in [0, 0.05) is 72.9 Å². The molecule has 0 spiro atoms. The molecular weight excluding hydrogens is 625 g/mol. The van der Waals surface area contributed by atoms with E-state index in [9.17, 15) is 0 Å². The van der Waals surface area contributed by atoms with Crippen LogP contribution in [-0.4, -0.2) is 29.1 Å². The highest BCUT2D eigenvalue weighted by atomic mass is 15.0. The van der Waals surface area contributed by atoms with Gasteiger partial charge in [-0.1, -0.05) is 79.7 Å². The van der Waals surface area contributed by atoms with E-state index in [0.29, 0.717) is 0 Å². The fourth-order valence-electron chi connectivity index (χ4n) is 7.41. The standard InChI is InChI=1S/C45H46N6/c1-9-43(3,4)41-23-35-33-19-21-46-25-37(33)50(39(35)27-48-41)31-15-11-29(12-16-31)45(7,8)30-13-17-32(18-14-30)51-38-26-47-22-20-34(38)36-24-42(44(5,6)10-2)49-28-40(36)51/h11-28H,9-10H2,1-8H3. The van der Waals surface area contributed by atoms with Crippen LogP contribution in [-0.2, 0) is 16.2 Å². The first-order valence-corrected chi connectivity index (χ1v) is 18.2. The predicted molar refractivity (Wildman–Crippen MR) is 212 cm³/mol. The number of hydrogen-bond donors (Lipinski definition) is 0. The predicted octanol–water partition coefficient (Wildman–Crippen LogP) is 11.2. The molecule has 8 aromatic rings. The molecule has 0 atom stereocenters. The average molecular weight is 671 g/mol. The van der Waals surface area contributed by atoms with Gasteiger partial charge in [0.1, 0.15) is 0 Å². The van der Waals surface area contributed by atoms with Crippen molar-refractivity contribution in [3.63, 3.8) is 0 Å².